The second-order valence-corrected chi connectivity index (χ2v) is 1.87. The zero-order valence-electron chi connectivity index (χ0n) is 4.67. The summed E-state index contributed by atoms with van der Waals surface area (Å²) in [5.74, 6) is 0. The van der Waals surface area contributed by atoms with Crippen LogP contribution < -0.4 is 0 Å². The summed E-state index contributed by atoms with van der Waals surface area (Å²) in [4.78, 5) is 0. The Morgan fingerprint density at radius 2 is 2.62 bits per heavy atom. The average molecular weight is 113 g/mol. The van der Waals surface area contributed by atoms with E-state index in [0.717, 1.165) is 12.8 Å². The van der Waals surface area contributed by atoms with Gasteiger partial charge in [-0.2, -0.15) is 0 Å². The molecule has 0 amide bonds. The van der Waals surface area contributed by atoms with Crippen molar-refractivity contribution >= 4 is 0 Å². The second-order valence-electron chi connectivity index (χ2n) is 1.87. The van der Waals surface area contributed by atoms with Crippen molar-refractivity contribution in [3.05, 3.63) is 12.3 Å². The van der Waals surface area contributed by atoms with Gasteiger partial charge in [-0.15, -0.1) is 0 Å². The second kappa shape index (κ2) is 2.72. The number of rotatable bonds is 1. The SMILES string of the molecule is [O]CC1CCC=CO1. The van der Waals surface area contributed by atoms with Crippen molar-refractivity contribution in [2.75, 3.05) is 6.61 Å². The minimum Gasteiger partial charge on any atom is -0.496 e. The van der Waals surface area contributed by atoms with Crippen molar-refractivity contribution in [1.29, 1.82) is 0 Å². The Labute approximate surface area is 48.8 Å². The average Bonchev–Trinajstić information content (AvgIpc) is 1.90. The maximum absolute atomic E-state index is 10.1. The van der Waals surface area contributed by atoms with Gasteiger partial charge >= 0.3 is 0 Å². The molecular formula is C6H9O2. The Kier molecular flexibility index (Phi) is 1.92. The number of ether oxygens (including phenoxy) is 1. The fourth-order valence-corrected chi connectivity index (χ4v) is 0.707. The number of hydrogen-bond donors (Lipinski definition) is 0. The predicted molar refractivity (Wildman–Crippen MR) is 28.8 cm³/mol. The molecule has 45 valence electrons. The highest BCUT2D eigenvalue weighted by molar-refractivity contribution is 4.81. The topological polar surface area (TPSA) is 29.1 Å². The van der Waals surface area contributed by atoms with E-state index < -0.39 is 0 Å². The van der Waals surface area contributed by atoms with Crippen molar-refractivity contribution < 1.29 is 9.84 Å². The molecule has 0 aromatic carbocycles. The van der Waals surface area contributed by atoms with Crippen LogP contribution in [0.1, 0.15) is 12.8 Å². The van der Waals surface area contributed by atoms with Crippen LogP contribution in [0, 0.1) is 0 Å². The molecule has 0 spiro atoms. The molecular weight excluding hydrogens is 104 g/mol. The summed E-state index contributed by atoms with van der Waals surface area (Å²) >= 11 is 0. The summed E-state index contributed by atoms with van der Waals surface area (Å²) in [5, 5.41) is 10.1. The van der Waals surface area contributed by atoms with Gasteiger partial charge in [0.15, 0.2) is 0 Å². The first-order chi connectivity index (χ1) is 3.93. The highest BCUT2D eigenvalue weighted by atomic mass is 16.5. The minimum atomic E-state index is -0.107. The molecule has 1 heterocycles. The fraction of sp³-hybridized carbons (Fsp3) is 0.667. The Morgan fingerprint density at radius 1 is 1.75 bits per heavy atom. The summed E-state index contributed by atoms with van der Waals surface area (Å²) in [6.45, 7) is -0.107. The molecule has 1 unspecified atom stereocenters. The van der Waals surface area contributed by atoms with Gasteiger partial charge in [-0.05, 0) is 18.9 Å². The highest BCUT2D eigenvalue weighted by Gasteiger charge is 2.08. The third-order valence-corrected chi connectivity index (χ3v) is 1.21. The maximum atomic E-state index is 10.1. The van der Waals surface area contributed by atoms with Crippen LogP contribution in [0.25, 0.3) is 0 Å². The molecule has 1 atom stereocenters. The van der Waals surface area contributed by atoms with Crippen LogP contribution >= 0.6 is 0 Å². The molecule has 0 bridgehead atoms. The zero-order valence-corrected chi connectivity index (χ0v) is 4.67. The van der Waals surface area contributed by atoms with Crippen LogP contribution in [0.2, 0.25) is 0 Å². The molecule has 8 heavy (non-hydrogen) atoms. The molecule has 0 N–H and O–H groups in total. The lowest BCUT2D eigenvalue weighted by molar-refractivity contribution is 0.0317. The molecule has 0 saturated heterocycles. The molecule has 2 heteroatoms. The van der Waals surface area contributed by atoms with Gasteiger partial charge < -0.3 is 4.74 Å². The van der Waals surface area contributed by atoms with Crippen LogP contribution in [-0.4, -0.2) is 12.7 Å². The summed E-state index contributed by atoms with van der Waals surface area (Å²) in [6, 6.07) is 0. The first kappa shape index (κ1) is 5.63. The summed E-state index contributed by atoms with van der Waals surface area (Å²) in [5.41, 5.74) is 0. The van der Waals surface area contributed by atoms with Gasteiger partial charge in [0.05, 0.1) is 6.26 Å². The van der Waals surface area contributed by atoms with Crippen molar-refractivity contribution in [1.82, 2.24) is 0 Å². The van der Waals surface area contributed by atoms with E-state index in [2.05, 4.69) is 0 Å². The van der Waals surface area contributed by atoms with Gasteiger partial charge in [0.2, 0.25) is 0 Å². The van der Waals surface area contributed by atoms with Crippen LogP contribution in [-0.2, 0) is 9.84 Å². The van der Waals surface area contributed by atoms with E-state index in [9.17, 15) is 5.11 Å². The Balaban J connectivity index is 2.27. The zero-order chi connectivity index (χ0) is 5.82. The van der Waals surface area contributed by atoms with E-state index in [1.807, 2.05) is 6.08 Å². The summed E-state index contributed by atoms with van der Waals surface area (Å²) in [7, 11) is 0. The molecule has 0 fully saturated rings. The van der Waals surface area contributed by atoms with E-state index in [1.54, 1.807) is 6.26 Å². The van der Waals surface area contributed by atoms with E-state index in [-0.39, 0.29) is 12.7 Å². The van der Waals surface area contributed by atoms with E-state index in [0.29, 0.717) is 0 Å². The van der Waals surface area contributed by atoms with Crippen molar-refractivity contribution in [3.8, 4) is 0 Å². The molecule has 1 rings (SSSR count). The van der Waals surface area contributed by atoms with Crippen LogP contribution in [0.4, 0.5) is 0 Å². The Morgan fingerprint density at radius 3 is 3.00 bits per heavy atom. The first-order valence-corrected chi connectivity index (χ1v) is 2.82. The van der Waals surface area contributed by atoms with Crippen molar-refractivity contribution in [2.45, 2.75) is 18.9 Å². The normalized spacial score (nSPS) is 27.4. The van der Waals surface area contributed by atoms with Gasteiger partial charge in [-0.3, -0.25) is 0 Å². The Hall–Kier alpha value is -0.500. The molecule has 0 aliphatic carbocycles. The van der Waals surface area contributed by atoms with E-state index >= 15 is 0 Å². The molecule has 0 aromatic rings. The monoisotopic (exact) mass is 113 g/mol. The largest absolute Gasteiger partial charge is 0.496 e. The van der Waals surface area contributed by atoms with Gasteiger partial charge in [0, 0.05) is 0 Å². The lowest BCUT2D eigenvalue weighted by Gasteiger charge is -2.14. The quantitative estimate of drug-likeness (QED) is 0.500. The van der Waals surface area contributed by atoms with E-state index in [4.69, 9.17) is 4.74 Å². The van der Waals surface area contributed by atoms with Gasteiger partial charge in [0.1, 0.15) is 12.7 Å². The van der Waals surface area contributed by atoms with Crippen LogP contribution in [0.5, 0.6) is 0 Å². The smallest absolute Gasteiger partial charge is 0.124 e. The number of hydrogen-bond acceptors (Lipinski definition) is 1. The van der Waals surface area contributed by atoms with Crippen molar-refractivity contribution in [3.63, 3.8) is 0 Å². The Bertz CT molecular complexity index is 88.5. The third-order valence-electron chi connectivity index (χ3n) is 1.21. The third kappa shape index (κ3) is 1.23. The summed E-state index contributed by atoms with van der Waals surface area (Å²) < 4.78 is 4.93. The lowest BCUT2D eigenvalue weighted by Crippen LogP contribution is -2.15. The number of allylic oxidation sites excluding steroid dienone is 1. The predicted octanol–water partition coefficient (Wildman–Crippen LogP) is 1.11. The van der Waals surface area contributed by atoms with E-state index in [1.165, 1.54) is 0 Å². The van der Waals surface area contributed by atoms with Gasteiger partial charge in [-0.25, -0.2) is 5.11 Å². The van der Waals surface area contributed by atoms with Crippen LogP contribution in [0.15, 0.2) is 12.3 Å². The highest BCUT2D eigenvalue weighted by Crippen LogP contribution is 2.08. The lowest BCUT2D eigenvalue weighted by atomic mass is 10.2. The van der Waals surface area contributed by atoms with Gasteiger partial charge in [-0.1, -0.05) is 0 Å². The van der Waals surface area contributed by atoms with Gasteiger partial charge in [0.25, 0.3) is 0 Å². The standard InChI is InChI=1S/C6H9O2/c7-5-6-3-1-2-4-8-6/h2,4,6H,1,3,5H2. The van der Waals surface area contributed by atoms with Crippen molar-refractivity contribution in [2.24, 2.45) is 0 Å². The molecule has 0 saturated carbocycles. The molecule has 1 aliphatic rings. The molecule has 0 aromatic heterocycles. The van der Waals surface area contributed by atoms with Crippen LogP contribution in [0.3, 0.4) is 0 Å². The molecule has 2 nitrogen and oxygen atoms in total. The summed E-state index contributed by atoms with van der Waals surface area (Å²) in [6.07, 6.45) is 5.38. The minimum absolute atomic E-state index is 0.0556. The molecule has 1 radical (unpaired) electrons. The molecule has 1 aliphatic heterocycles. The first-order valence-electron chi connectivity index (χ1n) is 2.82. The maximum Gasteiger partial charge on any atom is 0.124 e. The fourth-order valence-electron chi connectivity index (χ4n) is 0.707.